The average molecular weight is 287 g/mol. The normalized spacial score (nSPS) is 29.4. The quantitative estimate of drug-likeness (QED) is 0.747. The van der Waals surface area contributed by atoms with E-state index in [4.69, 9.17) is 10.00 Å². The van der Waals surface area contributed by atoms with Crippen molar-refractivity contribution in [2.75, 3.05) is 19.6 Å². The largest absolute Gasteiger partial charge is 0.373 e. The molecule has 2 fully saturated rings. The van der Waals surface area contributed by atoms with Crippen LogP contribution in [0.15, 0.2) is 0 Å². The van der Waals surface area contributed by atoms with Crippen molar-refractivity contribution < 1.29 is 13.2 Å². The van der Waals surface area contributed by atoms with E-state index in [9.17, 15) is 8.42 Å². The van der Waals surface area contributed by atoms with Crippen molar-refractivity contribution >= 4 is 10.2 Å². The Morgan fingerprint density at radius 1 is 1.32 bits per heavy atom. The van der Waals surface area contributed by atoms with Gasteiger partial charge in [0.2, 0.25) is 0 Å². The van der Waals surface area contributed by atoms with Gasteiger partial charge in [-0.15, -0.1) is 0 Å². The molecule has 1 aliphatic heterocycles. The van der Waals surface area contributed by atoms with Crippen LogP contribution in [0.5, 0.6) is 0 Å². The second-order valence-electron chi connectivity index (χ2n) is 5.33. The predicted octanol–water partition coefficient (Wildman–Crippen LogP) is 0.718. The van der Waals surface area contributed by atoms with Crippen LogP contribution in [0.3, 0.4) is 0 Å². The Bertz CT molecular complexity index is 445. The minimum absolute atomic E-state index is 0.0875. The molecule has 19 heavy (non-hydrogen) atoms. The third kappa shape index (κ3) is 3.45. The molecule has 0 spiro atoms. The Morgan fingerprint density at radius 3 is 2.37 bits per heavy atom. The molecule has 6 nitrogen and oxygen atoms in total. The zero-order valence-corrected chi connectivity index (χ0v) is 12.3. The highest BCUT2D eigenvalue weighted by molar-refractivity contribution is 7.86. The van der Waals surface area contributed by atoms with E-state index in [-0.39, 0.29) is 24.7 Å². The first kappa shape index (κ1) is 14.7. The zero-order valence-electron chi connectivity index (χ0n) is 11.4. The summed E-state index contributed by atoms with van der Waals surface area (Å²) in [6.45, 7) is 4.85. The molecule has 0 aromatic heterocycles. The third-order valence-corrected chi connectivity index (χ3v) is 5.43. The lowest BCUT2D eigenvalue weighted by molar-refractivity contribution is -0.0455. The summed E-state index contributed by atoms with van der Waals surface area (Å²) in [5.74, 6) is 0. The number of nitrogens with zero attached hydrogens (tertiary/aromatic N) is 3. The number of morpholine rings is 1. The third-order valence-electron chi connectivity index (χ3n) is 3.41. The molecule has 1 aliphatic carbocycles. The molecule has 2 atom stereocenters. The molecule has 1 saturated carbocycles. The predicted molar refractivity (Wildman–Crippen MR) is 70.5 cm³/mol. The summed E-state index contributed by atoms with van der Waals surface area (Å²) in [6.07, 6.45) is 1.87. The molecule has 0 N–H and O–H groups in total. The number of nitriles is 1. The smallest absolute Gasteiger partial charge is 0.282 e. The monoisotopic (exact) mass is 287 g/mol. The van der Waals surface area contributed by atoms with Crippen LogP contribution in [0.25, 0.3) is 0 Å². The number of rotatable bonds is 5. The Balaban J connectivity index is 2.12. The number of ether oxygens (including phenoxy) is 1. The van der Waals surface area contributed by atoms with Gasteiger partial charge in [-0.1, -0.05) is 0 Å². The van der Waals surface area contributed by atoms with Crippen LogP contribution in [0.4, 0.5) is 0 Å². The second-order valence-corrected chi connectivity index (χ2v) is 7.21. The summed E-state index contributed by atoms with van der Waals surface area (Å²) in [7, 11) is -3.46. The van der Waals surface area contributed by atoms with Crippen LogP contribution in [-0.4, -0.2) is 54.9 Å². The summed E-state index contributed by atoms with van der Waals surface area (Å²) < 4.78 is 33.9. The van der Waals surface area contributed by atoms with E-state index in [0.29, 0.717) is 19.6 Å². The van der Waals surface area contributed by atoms with Crippen molar-refractivity contribution in [3.8, 4) is 6.07 Å². The molecule has 1 saturated heterocycles. The molecule has 7 heteroatoms. The van der Waals surface area contributed by atoms with Crippen molar-refractivity contribution in [1.29, 1.82) is 5.26 Å². The van der Waals surface area contributed by atoms with Crippen molar-refractivity contribution in [3.05, 3.63) is 0 Å². The lowest BCUT2D eigenvalue weighted by Crippen LogP contribution is -2.53. The molecule has 2 aliphatic rings. The van der Waals surface area contributed by atoms with Crippen LogP contribution in [-0.2, 0) is 14.9 Å². The van der Waals surface area contributed by atoms with E-state index >= 15 is 0 Å². The maximum absolute atomic E-state index is 12.7. The maximum Gasteiger partial charge on any atom is 0.282 e. The second kappa shape index (κ2) is 5.75. The molecule has 108 valence electrons. The fourth-order valence-corrected chi connectivity index (χ4v) is 4.48. The molecule has 0 radical (unpaired) electrons. The van der Waals surface area contributed by atoms with Gasteiger partial charge in [-0.3, -0.25) is 0 Å². The molecule has 2 rings (SSSR count). The maximum atomic E-state index is 12.7. The van der Waals surface area contributed by atoms with E-state index in [2.05, 4.69) is 0 Å². The first-order chi connectivity index (χ1) is 8.95. The summed E-state index contributed by atoms with van der Waals surface area (Å²) in [5.41, 5.74) is 0. The fraction of sp³-hybridized carbons (Fsp3) is 0.917. The Morgan fingerprint density at radius 2 is 1.89 bits per heavy atom. The molecule has 2 unspecified atom stereocenters. The van der Waals surface area contributed by atoms with Crippen LogP contribution in [0.1, 0.15) is 33.1 Å². The lowest BCUT2D eigenvalue weighted by atomic mass is 10.3. The fourth-order valence-electron chi connectivity index (χ4n) is 2.48. The molecule has 0 amide bonds. The first-order valence-corrected chi connectivity index (χ1v) is 8.14. The van der Waals surface area contributed by atoms with Crippen LogP contribution in [0, 0.1) is 11.3 Å². The topological polar surface area (TPSA) is 73.6 Å². The minimum Gasteiger partial charge on any atom is -0.373 e. The van der Waals surface area contributed by atoms with Crippen LogP contribution < -0.4 is 0 Å². The Hall–Kier alpha value is -0.680. The molecule has 0 aromatic rings. The number of hydrogen-bond donors (Lipinski definition) is 0. The molecule has 0 bridgehead atoms. The Labute approximate surface area is 115 Å². The van der Waals surface area contributed by atoms with E-state index in [0.717, 1.165) is 12.8 Å². The van der Waals surface area contributed by atoms with Gasteiger partial charge >= 0.3 is 0 Å². The lowest BCUT2D eigenvalue weighted by Gasteiger charge is -2.37. The summed E-state index contributed by atoms with van der Waals surface area (Å²) >= 11 is 0. The van der Waals surface area contributed by atoms with E-state index < -0.39 is 10.2 Å². The van der Waals surface area contributed by atoms with Gasteiger partial charge in [0, 0.05) is 32.1 Å². The van der Waals surface area contributed by atoms with Gasteiger partial charge in [0.05, 0.1) is 18.3 Å². The van der Waals surface area contributed by atoms with Gasteiger partial charge in [0.25, 0.3) is 10.2 Å². The Kier molecular flexibility index (Phi) is 4.46. The van der Waals surface area contributed by atoms with Gasteiger partial charge in [0.1, 0.15) is 0 Å². The van der Waals surface area contributed by atoms with Crippen molar-refractivity contribution in [2.24, 2.45) is 0 Å². The highest BCUT2D eigenvalue weighted by Crippen LogP contribution is 2.31. The van der Waals surface area contributed by atoms with Crippen molar-refractivity contribution in [1.82, 2.24) is 8.61 Å². The van der Waals surface area contributed by atoms with Gasteiger partial charge in [-0.05, 0) is 26.7 Å². The van der Waals surface area contributed by atoms with Gasteiger partial charge < -0.3 is 4.74 Å². The average Bonchev–Trinajstić information content (AvgIpc) is 3.12. The zero-order chi connectivity index (χ0) is 14.0. The van der Waals surface area contributed by atoms with Crippen LogP contribution in [0.2, 0.25) is 0 Å². The van der Waals surface area contributed by atoms with Crippen molar-refractivity contribution in [2.45, 2.75) is 51.4 Å². The first-order valence-electron chi connectivity index (χ1n) is 6.74. The van der Waals surface area contributed by atoms with E-state index in [1.807, 2.05) is 19.9 Å². The summed E-state index contributed by atoms with van der Waals surface area (Å²) in [5, 5.41) is 8.67. The van der Waals surface area contributed by atoms with Gasteiger partial charge in [-0.2, -0.15) is 22.3 Å². The van der Waals surface area contributed by atoms with E-state index in [1.165, 1.54) is 8.61 Å². The standard InChI is InChI=1S/C12H21N3O3S/c1-10-8-14(9-11(2)18-10)19(16,17)15(7-3-6-13)12-4-5-12/h10-12H,3-5,7-9H2,1-2H3. The molecule has 0 aromatic carbocycles. The minimum atomic E-state index is -3.46. The number of hydrogen-bond acceptors (Lipinski definition) is 4. The molecular formula is C12H21N3O3S. The van der Waals surface area contributed by atoms with E-state index in [1.54, 1.807) is 0 Å². The summed E-state index contributed by atoms with van der Waals surface area (Å²) in [4.78, 5) is 0. The van der Waals surface area contributed by atoms with Crippen molar-refractivity contribution in [3.63, 3.8) is 0 Å². The van der Waals surface area contributed by atoms with Gasteiger partial charge in [0.15, 0.2) is 0 Å². The van der Waals surface area contributed by atoms with Gasteiger partial charge in [-0.25, -0.2) is 0 Å². The summed E-state index contributed by atoms with van der Waals surface area (Å²) in [6, 6.07) is 2.11. The van der Waals surface area contributed by atoms with Crippen LogP contribution >= 0.6 is 0 Å². The SMILES string of the molecule is CC1CN(S(=O)(=O)N(CCC#N)C2CC2)CC(C)O1. The molecular weight excluding hydrogens is 266 g/mol. The molecule has 1 heterocycles. The highest BCUT2D eigenvalue weighted by Gasteiger charge is 2.42. The highest BCUT2D eigenvalue weighted by atomic mass is 32.2.